The molecule has 1 saturated heterocycles. The van der Waals surface area contributed by atoms with Crippen LogP contribution < -0.4 is 9.64 Å². The summed E-state index contributed by atoms with van der Waals surface area (Å²) in [5.74, 6) is 1.11. The molecule has 0 unspecified atom stereocenters. The van der Waals surface area contributed by atoms with Crippen molar-refractivity contribution in [2.24, 2.45) is 0 Å². The number of anilines is 1. The van der Waals surface area contributed by atoms with Gasteiger partial charge in [-0.15, -0.1) is 0 Å². The lowest BCUT2D eigenvalue weighted by molar-refractivity contribution is 0.0925. The summed E-state index contributed by atoms with van der Waals surface area (Å²) in [6.45, 7) is 11.3. The average molecular weight is 355 g/mol. The van der Waals surface area contributed by atoms with Crippen LogP contribution in [0.5, 0.6) is 5.75 Å². The second-order valence-corrected chi connectivity index (χ2v) is 6.92. The molecule has 2 aromatic rings. The standard InChI is InChI=1S/C21H29N3O2/c1-5-24-16(2)13-20(17(24)3)21(25)15-22-9-11-23(12-10-22)18-7-6-8-19(14-18)26-4/h6-8,13-14H,5,9-12,15H2,1-4H3. The third kappa shape index (κ3) is 3.78. The number of aromatic nitrogens is 1. The SMILES string of the molecule is CCn1c(C)cc(C(=O)CN2CCN(c3cccc(OC)c3)CC2)c1C. The molecule has 2 heterocycles. The van der Waals surface area contributed by atoms with E-state index >= 15 is 0 Å². The van der Waals surface area contributed by atoms with Gasteiger partial charge in [-0.25, -0.2) is 0 Å². The van der Waals surface area contributed by atoms with Crippen molar-refractivity contribution in [2.75, 3.05) is 44.7 Å². The highest BCUT2D eigenvalue weighted by Crippen LogP contribution is 2.22. The van der Waals surface area contributed by atoms with Crippen molar-refractivity contribution in [2.45, 2.75) is 27.3 Å². The molecular formula is C21H29N3O2. The van der Waals surface area contributed by atoms with Gasteiger partial charge in [-0.05, 0) is 39.0 Å². The third-order valence-corrected chi connectivity index (χ3v) is 5.35. The van der Waals surface area contributed by atoms with Crippen molar-refractivity contribution in [1.29, 1.82) is 0 Å². The Balaban J connectivity index is 1.59. The van der Waals surface area contributed by atoms with Crippen LogP contribution >= 0.6 is 0 Å². The molecule has 0 spiro atoms. The minimum Gasteiger partial charge on any atom is -0.497 e. The van der Waals surface area contributed by atoms with Crippen molar-refractivity contribution in [3.05, 3.63) is 47.3 Å². The molecule has 0 atom stereocenters. The zero-order valence-corrected chi connectivity index (χ0v) is 16.3. The van der Waals surface area contributed by atoms with E-state index in [4.69, 9.17) is 4.74 Å². The van der Waals surface area contributed by atoms with Crippen LogP contribution in [0.4, 0.5) is 5.69 Å². The molecule has 0 N–H and O–H groups in total. The second kappa shape index (κ2) is 7.96. The number of piperazine rings is 1. The lowest BCUT2D eigenvalue weighted by Gasteiger charge is -2.35. The van der Waals surface area contributed by atoms with Gasteiger partial charge in [-0.2, -0.15) is 0 Å². The summed E-state index contributed by atoms with van der Waals surface area (Å²) in [5.41, 5.74) is 4.31. The molecule has 1 aromatic carbocycles. The molecule has 1 fully saturated rings. The van der Waals surface area contributed by atoms with Gasteiger partial charge < -0.3 is 14.2 Å². The van der Waals surface area contributed by atoms with E-state index < -0.39 is 0 Å². The summed E-state index contributed by atoms with van der Waals surface area (Å²) in [6.07, 6.45) is 0. The summed E-state index contributed by atoms with van der Waals surface area (Å²) < 4.78 is 7.52. The fraction of sp³-hybridized carbons (Fsp3) is 0.476. The topological polar surface area (TPSA) is 37.7 Å². The van der Waals surface area contributed by atoms with E-state index in [1.807, 2.05) is 25.1 Å². The van der Waals surface area contributed by atoms with E-state index in [1.165, 1.54) is 5.69 Å². The monoisotopic (exact) mass is 355 g/mol. The van der Waals surface area contributed by atoms with Crippen molar-refractivity contribution < 1.29 is 9.53 Å². The first-order valence-corrected chi connectivity index (χ1v) is 9.34. The number of ether oxygens (including phenoxy) is 1. The van der Waals surface area contributed by atoms with Crippen molar-refractivity contribution in [1.82, 2.24) is 9.47 Å². The molecule has 0 radical (unpaired) electrons. The molecule has 5 nitrogen and oxygen atoms in total. The van der Waals surface area contributed by atoms with Crippen LogP contribution in [0.1, 0.15) is 28.7 Å². The quantitative estimate of drug-likeness (QED) is 0.746. The maximum absolute atomic E-state index is 12.8. The number of ketones is 1. The highest BCUT2D eigenvalue weighted by atomic mass is 16.5. The molecule has 1 aromatic heterocycles. The van der Waals surface area contributed by atoms with E-state index in [9.17, 15) is 4.79 Å². The molecule has 140 valence electrons. The summed E-state index contributed by atoms with van der Waals surface area (Å²) in [7, 11) is 1.69. The van der Waals surface area contributed by atoms with Gasteiger partial charge in [0.2, 0.25) is 0 Å². The number of rotatable bonds is 6. The number of carbonyl (C=O) groups excluding carboxylic acids is 1. The van der Waals surface area contributed by atoms with Gasteiger partial charge >= 0.3 is 0 Å². The molecule has 3 rings (SSSR count). The summed E-state index contributed by atoms with van der Waals surface area (Å²) >= 11 is 0. The van der Waals surface area contributed by atoms with E-state index in [2.05, 4.69) is 40.3 Å². The molecule has 5 heteroatoms. The van der Waals surface area contributed by atoms with Crippen molar-refractivity contribution in [3.8, 4) is 5.75 Å². The molecular weight excluding hydrogens is 326 g/mol. The molecule has 0 amide bonds. The Kier molecular flexibility index (Phi) is 5.67. The number of aryl methyl sites for hydroxylation is 1. The van der Waals surface area contributed by atoms with Crippen LogP contribution in [0, 0.1) is 13.8 Å². The lowest BCUT2D eigenvalue weighted by atomic mass is 10.1. The number of hydrogen-bond donors (Lipinski definition) is 0. The zero-order valence-electron chi connectivity index (χ0n) is 16.3. The fourth-order valence-corrected chi connectivity index (χ4v) is 3.83. The first-order valence-electron chi connectivity index (χ1n) is 9.34. The van der Waals surface area contributed by atoms with E-state index in [0.29, 0.717) is 6.54 Å². The van der Waals surface area contributed by atoms with Gasteiger partial charge in [-0.3, -0.25) is 9.69 Å². The van der Waals surface area contributed by atoms with Crippen molar-refractivity contribution >= 4 is 11.5 Å². The Bertz CT molecular complexity index is 774. The van der Waals surface area contributed by atoms with Gasteiger partial charge in [0.15, 0.2) is 5.78 Å². The third-order valence-electron chi connectivity index (χ3n) is 5.35. The van der Waals surface area contributed by atoms with E-state index in [0.717, 1.165) is 55.4 Å². The molecule has 0 bridgehead atoms. The average Bonchev–Trinajstić information content (AvgIpc) is 2.96. The van der Waals surface area contributed by atoms with Crippen LogP contribution in [0.3, 0.4) is 0 Å². The Morgan fingerprint density at radius 2 is 1.85 bits per heavy atom. The Morgan fingerprint density at radius 1 is 1.12 bits per heavy atom. The first kappa shape index (κ1) is 18.5. The summed E-state index contributed by atoms with van der Waals surface area (Å²) in [4.78, 5) is 17.4. The largest absolute Gasteiger partial charge is 0.497 e. The molecule has 0 aliphatic carbocycles. The number of benzene rings is 1. The highest BCUT2D eigenvalue weighted by molar-refractivity contribution is 5.99. The summed E-state index contributed by atoms with van der Waals surface area (Å²) in [5, 5.41) is 0. The Labute approximate surface area is 156 Å². The lowest BCUT2D eigenvalue weighted by Crippen LogP contribution is -2.48. The molecule has 0 saturated carbocycles. The second-order valence-electron chi connectivity index (χ2n) is 6.92. The fourth-order valence-electron chi connectivity index (χ4n) is 3.83. The maximum atomic E-state index is 12.8. The van der Waals surface area contributed by atoms with Crippen LogP contribution in [-0.2, 0) is 6.54 Å². The van der Waals surface area contributed by atoms with Crippen LogP contribution in [0.2, 0.25) is 0 Å². The minimum atomic E-state index is 0.229. The maximum Gasteiger partial charge on any atom is 0.178 e. The number of methoxy groups -OCH3 is 1. The van der Waals surface area contributed by atoms with Gasteiger partial charge in [0.05, 0.1) is 13.7 Å². The normalized spacial score (nSPS) is 15.3. The van der Waals surface area contributed by atoms with Gasteiger partial charge in [0.25, 0.3) is 0 Å². The Morgan fingerprint density at radius 3 is 2.46 bits per heavy atom. The van der Waals surface area contributed by atoms with Crippen LogP contribution in [-0.4, -0.2) is 55.1 Å². The zero-order chi connectivity index (χ0) is 18.7. The van der Waals surface area contributed by atoms with Crippen LogP contribution in [0.25, 0.3) is 0 Å². The Hall–Kier alpha value is -2.27. The van der Waals surface area contributed by atoms with E-state index in [-0.39, 0.29) is 5.78 Å². The highest BCUT2D eigenvalue weighted by Gasteiger charge is 2.22. The number of carbonyl (C=O) groups is 1. The number of Topliss-reactive ketones (excluding diaryl/α,β-unsaturated/α-hetero) is 1. The summed E-state index contributed by atoms with van der Waals surface area (Å²) in [6, 6.07) is 10.2. The van der Waals surface area contributed by atoms with Gasteiger partial charge in [0.1, 0.15) is 5.75 Å². The van der Waals surface area contributed by atoms with E-state index in [1.54, 1.807) is 7.11 Å². The number of hydrogen-bond acceptors (Lipinski definition) is 4. The molecule has 26 heavy (non-hydrogen) atoms. The predicted octanol–water partition coefficient (Wildman–Crippen LogP) is 3.14. The molecule has 1 aliphatic heterocycles. The minimum absolute atomic E-state index is 0.229. The number of nitrogens with zero attached hydrogens (tertiary/aromatic N) is 3. The van der Waals surface area contributed by atoms with Crippen molar-refractivity contribution in [3.63, 3.8) is 0 Å². The molecule has 1 aliphatic rings. The first-order chi connectivity index (χ1) is 12.5. The van der Waals surface area contributed by atoms with Gasteiger partial charge in [0, 0.05) is 61.4 Å². The van der Waals surface area contributed by atoms with Gasteiger partial charge in [-0.1, -0.05) is 6.07 Å². The van der Waals surface area contributed by atoms with Crippen LogP contribution in [0.15, 0.2) is 30.3 Å². The smallest absolute Gasteiger partial charge is 0.178 e. The predicted molar refractivity (Wildman–Crippen MR) is 106 cm³/mol.